The third-order valence-electron chi connectivity index (χ3n) is 3.39. The molecule has 0 aromatic heterocycles. The minimum Gasteiger partial charge on any atom is -0.379 e. The number of amides is 1. The van der Waals surface area contributed by atoms with E-state index in [1.54, 1.807) is 0 Å². The van der Waals surface area contributed by atoms with Gasteiger partial charge in [-0.15, -0.1) is 0 Å². The van der Waals surface area contributed by atoms with Crippen molar-refractivity contribution in [2.45, 2.75) is 19.8 Å². The minimum atomic E-state index is 0.334. The Morgan fingerprint density at radius 3 is 2.62 bits per heavy atom. The van der Waals surface area contributed by atoms with Gasteiger partial charge in [0.1, 0.15) is 0 Å². The molecule has 16 heavy (non-hydrogen) atoms. The summed E-state index contributed by atoms with van der Waals surface area (Å²) in [5.41, 5.74) is 0. The molecule has 0 aliphatic carbocycles. The molecular weight excluding hydrogens is 204 g/mol. The zero-order chi connectivity index (χ0) is 11.4. The molecule has 4 heteroatoms. The van der Waals surface area contributed by atoms with Crippen molar-refractivity contribution in [3.63, 3.8) is 0 Å². The molecule has 2 fully saturated rings. The maximum atomic E-state index is 11.6. The van der Waals surface area contributed by atoms with Crippen molar-refractivity contribution < 1.29 is 9.53 Å². The van der Waals surface area contributed by atoms with Gasteiger partial charge in [0.15, 0.2) is 0 Å². The Hall–Kier alpha value is -0.610. The zero-order valence-corrected chi connectivity index (χ0v) is 10.2. The van der Waals surface area contributed by atoms with Crippen LogP contribution in [0, 0.1) is 5.92 Å². The van der Waals surface area contributed by atoms with Crippen LogP contribution in [-0.4, -0.2) is 61.6 Å². The Kier molecular flexibility index (Phi) is 4.18. The van der Waals surface area contributed by atoms with E-state index >= 15 is 0 Å². The average Bonchev–Trinajstić information content (AvgIpc) is 2.24. The second-order valence-corrected chi connectivity index (χ2v) is 4.83. The Morgan fingerprint density at radius 2 is 2.00 bits per heavy atom. The largest absolute Gasteiger partial charge is 0.379 e. The van der Waals surface area contributed by atoms with Crippen LogP contribution in [0.3, 0.4) is 0 Å². The molecule has 0 N–H and O–H groups in total. The van der Waals surface area contributed by atoms with Crippen LogP contribution >= 0.6 is 0 Å². The lowest BCUT2D eigenvalue weighted by molar-refractivity contribution is -0.138. The van der Waals surface area contributed by atoms with Crippen LogP contribution in [0.2, 0.25) is 0 Å². The molecule has 0 spiro atoms. The molecule has 2 rings (SSSR count). The number of carbonyl (C=O) groups is 1. The number of rotatable bonds is 4. The highest BCUT2D eigenvalue weighted by molar-refractivity contribution is 5.76. The molecule has 2 heterocycles. The van der Waals surface area contributed by atoms with Crippen LogP contribution in [0.1, 0.15) is 19.8 Å². The fourth-order valence-corrected chi connectivity index (χ4v) is 2.41. The Balaban J connectivity index is 1.62. The second-order valence-electron chi connectivity index (χ2n) is 4.83. The van der Waals surface area contributed by atoms with Gasteiger partial charge < -0.3 is 9.64 Å². The number of carbonyl (C=O) groups excluding carboxylic acids is 1. The van der Waals surface area contributed by atoms with Gasteiger partial charge in [-0.25, -0.2) is 0 Å². The van der Waals surface area contributed by atoms with Crippen LogP contribution in [0.15, 0.2) is 0 Å². The maximum Gasteiger partial charge on any atom is 0.222 e. The highest BCUT2D eigenvalue weighted by Gasteiger charge is 2.31. The van der Waals surface area contributed by atoms with Crippen molar-refractivity contribution in [2.24, 2.45) is 5.92 Å². The molecular formula is C12H22N2O2. The van der Waals surface area contributed by atoms with Gasteiger partial charge in [-0.1, -0.05) is 6.92 Å². The molecule has 2 aliphatic heterocycles. The summed E-state index contributed by atoms with van der Waals surface area (Å²) in [6.45, 7) is 8.98. The van der Waals surface area contributed by atoms with Gasteiger partial charge in [-0.3, -0.25) is 9.69 Å². The summed E-state index contributed by atoms with van der Waals surface area (Å²) in [6, 6.07) is 0. The summed E-state index contributed by atoms with van der Waals surface area (Å²) in [4.78, 5) is 16.0. The lowest BCUT2D eigenvalue weighted by atomic mass is 9.98. The highest BCUT2D eigenvalue weighted by Crippen LogP contribution is 2.18. The summed E-state index contributed by atoms with van der Waals surface area (Å²) < 4.78 is 5.32. The zero-order valence-electron chi connectivity index (χ0n) is 10.2. The summed E-state index contributed by atoms with van der Waals surface area (Å²) >= 11 is 0. The fraction of sp³-hybridized carbons (Fsp3) is 0.917. The first-order valence-electron chi connectivity index (χ1n) is 6.37. The molecule has 0 bridgehead atoms. The number of ether oxygens (including phenoxy) is 1. The molecule has 0 aromatic rings. The molecule has 0 atom stereocenters. The topological polar surface area (TPSA) is 32.8 Å². The average molecular weight is 226 g/mol. The molecule has 1 amide bonds. The Labute approximate surface area is 97.5 Å². The third kappa shape index (κ3) is 2.95. The van der Waals surface area contributed by atoms with Crippen LogP contribution in [0.25, 0.3) is 0 Å². The predicted molar refractivity (Wildman–Crippen MR) is 62.2 cm³/mol. The molecule has 0 unspecified atom stereocenters. The van der Waals surface area contributed by atoms with Crippen LogP contribution in [0.4, 0.5) is 0 Å². The standard InChI is InChI=1S/C12H22N2O2/c1-2-3-12(15)14-9-11(10-14)8-13-4-6-16-7-5-13/h11H,2-10H2,1H3. The van der Waals surface area contributed by atoms with Crippen LogP contribution < -0.4 is 0 Å². The fourth-order valence-electron chi connectivity index (χ4n) is 2.41. The van der Waals surface area contributed by atoms with E-state index in [1.165, 1.54) is 0 Å². The van der Waals surface area contributed by atoms with Crippen LogP contribution in [0.5, 0.6) is 0 Å². The van der Waals surface area contributed by atoms with E-state index in [4.69, 9.17) is 4.74 Å². The monoisotopic (exact) mass is 226 g/mol. The van der Waals surface area contributed by atoms with Gasteiger partial charge in [-0.2, -0.15) is 0 Å². The number of morpholine rings is 1. The Bertz CT molecular complexity index is 233. The van der Waals surface area contributed by atoms with Gasteiger partial charge >= 0.3 is 0 Å². The number of hydrogen-bond donors (Lipinski definition) is 0. The summed E-state index contributed by atoms with van der Waals surface area (Å²) in [5, 5.41) is 0. The van der Waals surface area contributed by atoms with E-state index in [-0.39, 0.29) is 0 Å². The van der Waals surface area contributed by atoms with E-state index in [0.717, 1.165) is 52.4 Å². The summed E-state index contributed by atoms with van der Waals surface area (Å²) in [5.74, 6) is 1.03. The van der Waals surface area contributed by atoms with E-state index in [2.05, 4.69) is 11.8 Å². The highest BCUT2D eigenvalue weighted by atomic mass is 16.5. The van der Waals surface area contributed by atoms with Crippen molar-refractivity contribution in [2.75, 3.05) is 45.9 Å². The number of hydrogen-bond acceptors (Lipinski definition) is 3. The first-order valence-corrected chi connectivity index (χ1v) is 6.37. The molecule has 2 saturated heterocycles. The normalized spacial score (nSPS) is 23.2. The second kappa shape index (κ2) is 5.64. The van der Waals surface area contributed by atoms with Crippen molar-refractivity contribution >= 4 is 5.91 Å². The van der Waals surface area contributed by atoms with Gasteiger partial charge in [0, 0.05) is 45.1 Å². The van der Waals surface area contributed by atoms with Crippen molar-refractivity contribution in [3.05, 3.63) is 0 Å². The first kappa shape index (κ1) is 11.9. The molecule has 0 radical (unpaired) electrons. The van der Waals surface area contributed by atoms with Crippen molar-refractivity contribution in [1.82, 2.24) is 9.80 Å². The van der Waals surface area contributed by atoms with E-state index in [1.807, 2.05) is 4.90 Å². The van der Waals surface area contributed by atoms with Gasteiger partial charge in [0.25, 0.3) is 0 Å². The number of nitrogens with zero attached hydrogens (tertiary/aromatic N) is 2. The summed E-state index contributed by atoms with van der Waals surface area (Å²) in [7, 11) is 0. The summed E-state index contributed by atoms with van der Waals surface area (Å²) in [6.07, 6.45) is 1.67. The lowest BCUT2D eigenvalue weighted by Crippen LogP contribution is -2.54. The number of likely N-dealkylation sites (tertiary alicyclic amines) is 1. The first-order chi connectivity index (χ1) is 7.79. The van der Waals surface area contributed by atoms with Crippen molar-refractivity contribution in [1.29, 1.82) is 0 Å². The third-order valence-corrected chi connectivity index (χ3v) is 3.39. The van der Waals surface area contributed by atoms with E-state index in [0.29, 0.717) is 18.2 Å². The molecule has 92 valence electrons. The maximum absolute atomic E-state index is 11.6. The van der Waals surface area contributed by atoms with Gasteiger partial charge in [0.05, 0.1) is 13.2 Å². The smallest absolute Gasteiger partial charge is 0.222 e. The SMILES string of the molecule is CCCC(=O)N1CC(CN2CCOCC2)C1. The van der Waals surface area contributed by atoms with Crippen LogP contribution in [-0.2, 0) is 9.53 Å². The molecule has 0 aromatic carbocycles. The van der Waals surface area contributed by atoms with Gasteiger partial charge in [0.2, 0.25) is 5.91 Å². The quantitative estimate of drug-likeness (QED) is 0.703. The van der Waals surface area contributed by atoms with E-state index in [9.17, 15) is 4.79 Å². The van der Waals surface area contributed by atoms with Gasteiger partial charge in [-0.05, 0) is 6.42 Å². The molecule has 4 nitrogen and oxygen atoms in total. The molecule has 2 aliphatic rings. The Morgan fingerprint density at radius 1 is 1.31 bits per heavy atom. The minimum absolute atomic E-state index is 0.334. The lowest BCUT2D eigenvalue weighted by Gasteiger charge is -2.42. The van der Waals surface area contributed by atoms with E-state index < -0.39 is 0 Å². The molecule has 0 saturated carbocycles. The predicted octanol–water partition coefficient (Wildman–Crippen LogP) is 0.577. The van der Waals surface area contributed by atoms with Crippen molar-refractivity contribution in [3.8, 4) is 0 Å².